The highest BCUT2D eigenvalue weighted by molar-refractivity contribution is 5.92. The highest BCUT2D eigenvalue weighted by Crippen LogP contribution is 2.37. The van der Waals surface area contributed by atoms with Gasteiger partial charge in [0.05, 0.1) is 0 Å². The van der Waals surface area contributed by atoms with Gasteiger partial charge in [-0.15, -0.1) is 0 Å². The van der Waals surface area contributed by atoms with Crippen molar-refractivity contribution in [3.05, 3.63) is 23.4 Å². The van der Waals surface area contributed by atoms with Crippen molar-refractivity contribution in [2.24, 2.45) is 0 Å². The fraction of sp³-hybridized carbons (Fsp3) is 0.308. The molecule has 4 nitrogen and oxygen atoms in total. The van der Waals surface area contributed by atoms with E-state index in [0.717, 1.165) is 33.7 Å². The van der Waals surface area contributed by atoms with E-state index >= 15 is 0 Å². The maximum absolute atomic E-state index is 11.3. The lowest BCUT2D eigenvalue weighted by Gasteiger charge is -1.99. The minimum Gasteiger partial charge on any atom is -0.454 e. The van der Waals surface area contributed by atoms with Crippen LogP contribution in [0.3, 0.4) is 0 Å². The number of H-pyrrole nitrogens is 1. The molecule has 0 radical (unpaired) electrons. The lowest BCUT2D eigenvalue weighted by molar-refractivity contribution is -0.116. The van der Waals surface area contributed by atoms with E-state index in [1.165, 1.54) is 0 Å². The van der Waals surface area contributed by atoms with Crippen molar-refractivity contribution in [2.75, 3.05) is 6.79 Å². The largest absolute Gasteiger partial charge is 0.454 e. The number of hydrogen-bond acceptors (Lipinski definition) is 3. The summed E-state index contributed by atoms with van der Waals surface area (Å²) >= 11 is 0. The number of fused-ring (bicyclic) bond motifs is 2. The first-order valence-corrected chi connectivity index (χ1v) is 5.55. The first kappa shape index (κ1) is 10.2. The van der Waals surface area contributed by atoms with Crippen LogP contribution < -0.4 is 9.47 Å². The molecule has 2 heterocycles. The van der Waals surface area contributed by atoms with E-state index in [1.54, 1.807) is 6.92 Å². The predicted octanol–water partition coefficient (Wildman–Crippen LogP) is 2.34. The van der Waals surface area contributed by atoms with Gasteiger partial charge < -0.3 is 14.5 Å². The average molecular weight is 231 g/mol. The molecule has 0 unspecified atom stereocenters. The molecule has 1 aromatic heterocycles. The number of hydrogen-bond donors (Lipinski definition) is 1. The lowest BCUT2D eigenvalue weighted by Crippen LogP contribution is -1.97. The van der Waals surface area contributed by atoms with Gasteiger partial charge in [0.15, 0.2) is 11.5 Å². The van der Waals surface area contributed by atoms with E-state index in [1.807, 2.05) is 19.1 Å². The Balaban J connectivity index is 2.21. The zero-order valence-electron chi connectivity index (χ0n) is 9.79. The van der Waals surface area contributed by atoms with Crippen molar-refractivity contribution in [3.63, 3.8) is 0 Å². The molecule has 1 aliphatic rings. The summed E-state index contributed by atoms with van der Waals surface area (Å²) in [4.78, 5) is 14.5. The Bertz CT molecular complexity index is 613. The molecule has 0 saturated heterocycles. The first-order valence-electron chi connectivity index (χ1n) is 5.55. The molecule has 1 aromatic carbocycles. The van der Waals surface area contributed by atoms with Crippen LogP contribution >= 0.6 is 0 Å². The minimum atomic E-state index is 0.159. The molecule has 88 valence electrons. The van der Waals surface area contributed by atoms with Crippen molar-refractivity contribution in [2.45, 2.75) is 20.3 Å². The molecule has 17 heavy (non-hydrogen) atoms. The number of ketones is 1. The zero-order chi connectivity index (χ0) is 12.0. The quantitative estimate of drug-likeness (QED) is 0.863. The van der Waals surface area contributed by atoms with Crippen molar-refractivity contribution < 1.29 is 14.3 Å². The van der Waals surface area contributed by atoms with Gasteiger partial charge in [-0.3, -0.25) is 4.79 Å². The highest BCUT2D eigenvalue weighted by atomic mass is 16.7. The lowest BCUT2D eigenvalue weighted by atomic mass is 10.1. The van der Waals surface area contributed by atoms with Crippen molar-refractivity contribution >= 4 is 16.7 Å². The molecule has 0 amide bonds. The van der Waals surface area contributed by atoms with Crippen LogP contribution in [0.2, 0.25) is 0 Å². The van der Waals surface area contributed by atoms with E-state index in [9.17, 15) is 4.79 Å². The summed E-state index contributed by atoms with van der Waals surface area (Å²) in [5, 5.41) is 1.04. The molecule has 3 rings (SSSR count). The molecular weight excluding hydrogens is 218 g/mol. The third-order valence-corrected chi connectivity index (χ3v) is 3.04. The number of carbonyl (C=O) groups excluding carboxylic acids is 1. The summed E-state index contributed by atoms with van der Waals surface area (Å²) in [6.07, 6.45) is 0.450. The Hall–Kier alpha value is -1.97. The van der Waals surface area contributed by atoms with Crippen LogP contribution in [-0.4, -0.2) is 17.6 Å². The van der Waals surface area contributed by atoms with Gasteiger partial charge >= 0.3 is 0 Å². The Morgan fingerprint density at radius 3 is 2.76 bits per heavy atom. The molecule has 0 fully saturated rings. The van der Waals surface area contributed by atoms with Gasteiger partial charge in [-0.05, 0) is 25.5 Å². The summed E-state index contributed by atoms with van der Waals surface area (Å²) in [6, 6.07) is 3.87. The van der Waals surface area contributed by atoms with Gasteiger partial charge in [0.1, 0.15) is 5.78 Å². The Kier molecular flexibility index (Phi) is 2.11. The summed E-state index contributed by atoms with van der Waals surface area (Å²) in [5.74, 6) is 1.67. The fourth-order valence-corrected chi connectivity index (χ4v) is 2.25. The van der Waals surface area contributed by atoms with Crippen molar-refractivity contribution in [1.82, 2.24) is 4.98 Å². The Morgan fingerprint density at radius 2 is 2.06 bits per heavy atom. The second kappa shape index (κ2) is 3.52. The van der Waals surface area contributed by atoms with E-state index in [2.05, 4.69) is 4.98 Å². The van der Waals surface area contributed by atoms with E-state index < -0.39 is 0 Å². The van der Waals surface area contributed by atoms with Crippen LogP contribution in [0.5, 0.6) is 11.5 Å². The fourth-order valence-electron chi connectivity index (χ4n) is 2.25. The van der Waals surface area contributed by atoms with E-state index in [-0.39, 0.29) is 12.6 Å². The highest BCUT2D eigenvalue weighted by Gasteiger charge is 2.18. The number of ether oxygens (including phenoxy) is 2. The second-order valence-corrected chi connectivity index (χ2v) is 4.36. The standard InChI is InChI=1S/C13H13NO3/c1-7(15)3-9-8(2)14-11-5-13-12(4-10(9)11)16-6-17-13/h4-5,14H,3,6H2,1-2H3. The molecule has 0 spiro atoms. The first-order chi connectivity index (χ1) is 8.15. The normalized spacial score (nSPS) is 13.3. The Morgan fingerprint density at radius 1 is 1.35 bits per heavy atom. The minimum absolute atomic E-state index is 0.159. The van der Waals surface area contributed by atoms with Gasteiger partial charge in [0.2, 0.25) is 6.79 Å². The number of carbonyl (C=O) groups is 1. The summed E-state index contributed by atoms with van der Waals surface area (Å²) in [6.45, 7) is 3.85. The number of aryl methyl sites for hydroxylation is 1. The number of aromatic amines is 1. The van der Waals surface area contributed by atoms with Crippen LogP contribution in [0.4, 0.5) is 0 Å². The number of aromatic nitrogens is 1. The van der Waals surface area contributed by atoms with Gasteiger partial charge in [0.25, 0.3) is 0 Å². The van der Waals surface area contributed by atoms with Crippen LogP contribution in [0, 0.1) is 6.92 Å². The monoisotopic (exact) mass is 231 g/mol. The predicted molar refractivity (Wildman–Crippen MR) is 63.5 cm³/mol. The molecule has 1 aliphatic heterocycles. The molecule has 1 N–H and O–H groups in total. The van der Waals surface area contributed by atoms with Gasteiger partial charge in [-0.1, -0.05) is 0 Å². The smallest absolute Gasteiger partial charge is 0.231 e. The number of Topliss-reactive ketones (excluding diaryl/α,β-unsaturated/α-hetero) is 1. The summed E-state index contributed by atoms with van der Waals surface area (Å²) < 4.78 is 10.7. The molecule has 4 heteroatoms. The topological polar surface area (TPSA) is 51.3 Å². The third-order valence-electron chi connectivity index (χ3n) is 3.04. The molecular formula is C13H13NO3. The van der Waals surface area contributed by atoms with Gasteiger partial charge in [-0.25, -0.2) is 0 Å². The van der Waals surface area contributed by atoms with Crippen LogP contribution in [-0.2, 0) is 11.2 Å². The molecule has 2 aromatic rings. The van der Waals surface area contributed by atoms with E-state index in [0.29, 0.717) is 6.42 Å². The van der Waals surface area contributed by atoms with E-state index in [4.69, 9.17) is 9.47 Å². The SMILES string of the molecule is CC(=O)Cc1c(C)[nH]c2cc3c(cc12)OCO3. The summed E-state index contributed by atoms with van der Waals surface area (Å²) in [5.41, 5.74) is 3.06. The Labute approximate surface area is 98.5 Å². The summed E-state index contributed by atoms with van der Waals surface area (Å²) in [7, 11) is 0. The second-order valence-electron chi connectivity index (χ2n) is 4.36. The number of nitrogens with one attached hydrogen (secondary N) is 1. The number of rotatable bonds is 2. The maximum Gasteiger partial charge on any atom is 0.231 e. The maximum atomic E-state index is 11.3. The van der Waals surface area contributed by atoms with Crippen LogP contribution in [0.15, 0.2) is 12.1 Å². The molecule has 0 aliphatic carbocycles. The van der Waals surface area contributed by atoms with Crippen LogP contribution in [0.1, 0.15) is 18.2 Å². The van der Waals surface area contributed by atoms with Crippen molar-refractivity contribution in [1.29, 1.82) is 0 Å². The van der Waals surface area contributed by atoms with Crippen molar-refractivity contribution in [3.8, 4) is 11.5 Å². The molecule has 0 atom stereocenters. The number of benzene rings is 1. The molecule has 0 saturated carbocycles. The third kappa shape index (κ3) is 1.56. The van der Waals surface area contributed by atoms with Gasteiger partial charge in [0, 0.05) is 29.1 Å². The average Bonchev–Trinajstić information content (AvgIpc) is 2.81. The zero-order valence-corrected chi connectivity index (χ0v) is 9.79. The molecule has 0 bridgehead atoms. The van der Waals surface area contributed by atoms with Gasteiger partial charge in [-0.2, -0.15) is 0 Å². The van der Waals surface area contributed by atoms with Crippen LogP contribution in [0.25, 0.3) is 10.9 Å².